The third-order valence-electron chi connectivity index (χ3n) is 4.13. The highest BCUT2D eigenvalue weighted by atomic mass is 35.5. The Balaban J connectivity index is 1.81. The highest BCUT2D eigenvalue weighted by Gasteiger charge is 2.14. The standard InChI is InChI=1S/C22H19ClFNO3/c1-14-8-9-20(25-22-18(23)6-3-7-19(22)24)16(10-14)12-21(27)28-17-5-2-4-15(11-17)13-26/h2-11,25-26H,12-13H2,1H3. The summed E-state index contributed by atoms with van der Waals surface area (Å²) >= 11 is 6.09. The number of hydrogen-bond donors (Lipinski definition) is 2. The summed E-state index contributed by atoms with van der Waals surface area (Å²) in [5.41, 5.74) is 2.98. The number of aliphatic hydroxyl groups excluding tert-OH is 1. The summed E-state index contributed by atoms with van der Waals surface area (Å²) < 4.78 is 19.5. The van der Waals surface area contributed by atoms with Crippen LogP contribution in [0.3, 0.4) is 0 Å². The van der Waals surface area contributed by atoms with Crippen molar-refractivity contribution in [1.82, 2.24) is 0 Å². The maximum absolute atomic E-state index is 14.1. The molecule has 3 aromatic carbocycles. The van der Waals surface area contributed by atoms with Crippen LogP contribution >= 0.6 is 11.6 Å². The van der Waals surface area contributed by atoms with Gasteiger partial charge in [0, 0.05) is 5.69 Å². The molecule has 6 heteroatoms. The number of benzene rings is 3. The summed E-state index contributed by atoms with van der Waals surface area (Å²) in [7, 11) is 0. The monoisotopic (exact) mass is 399 g/mol. The van der Waals surface area contributed by atoms with Crippen LogP contribution < -0.4 is 10.1 Å². The lowest BCUT2D eigenvalue weighted by molar-refractivity contribution is -0.133. The van der Waals surface area contributed by atoms with Gasteiger partial charge in [-0.3, -0.25) is 4.79 Å². The van der Waals surface area contributed by atoms with E-state index in [0.717, 1.165) is 5.56 Å². The summed E-state index contributed by atoms with van der Waals surface area (Å²) in [5, 5.41) is 12.4. The average Bonchev–Trinajstić information content (AvgIpc) is 2.66. The van der Waals surface area contributed by atoms with Crippen molar-refractivity contribution < 1.29 is 19.0 Å². The number of hydrogen-bond acceptors (Lipinski definition) is 4. The van der Waals surface area contributed by atoms with Gasteiger partial charge in [0.05, 0.1) is 23.7 Å². The molecule has 0 bridgehead atoms. The van der Waals surface area contributed by atoms with Gasteiger partial charge in [-0.1, -0.05) is 47.5 Å². The van der Waals surface area contributed by atoms with Gasteiger partial charge in [-0.2, -0.15) is 0 Å². The molecule has 0 radical (unpaired) electrons. The molecule has 2 N–H and O–H groups in total. The topological polar surface area (TPSA) is 58.6 Å². The summed E-state index contributed by atoms with van der Waals surface area (Å²) in [4.78, 5) is 12.4. The zero-order valence-electron chi connectivity index (χ0n) is 15.2. The van der Waals surface area contributed by atoms with E-state index in [0.29, 0.717) is 22.6 Å². The predicted octanol–water partition coefficient (Wildman–Crippen LogP) is 5.17. The lowest BCUT2D eigenvalue weighted by Gasteiger charge is -2.14. The van der Waals surface area contributed by atoms with Gasteiger partial charge in [0.1, 0.15) is 11.6 Å². The molecule has 0 aliphatic rings. The Hall–Kier alpha value is -2.89. The Morgan fingerprint density at radius 3 is 2.68 bits per heavy atom. The second kappa shape index (κ2) is 8.87. The highest BCUT2D eigenvalue weighted by molar-refractivity contribution is 6.33. The number of halogens is 2. The average molecular weight is 400 g/mol. The maximum Gasteiger partial charge on any atom is 0.315 e. The van der Waals surface area contributed by atoms with Crippen LogP contribution in [0.4, 0.5) is 15.8 Å². The molecule has 0 aromatic heterocycles. The first-order chi connectivity index (χ1) is 13.5. The molecular weight excluding hydrogens is 381 g/mol. The van der Waals surface area contributed by atoms with Gasteiger partial charge in [0.25, 0.3) is 0 Å². The third-order valence-corrected chi connectivity index (χ3v) is 4.45. The number of para-hydroxylation sites is 1. The van der Waals surface area contributed by atoms with Crippen molar-refractivity contribution in [3.63, 3.8) is 0 Å². The van der Waals surface area contributed by atoms with Crippen LogP contribution in [-0.4, -0.2) is 11.1 Å². The predicted molar refractivity (Wildman–Crippen MR) is 108 cm³/mol. The van der Waals surface area contributed by atoms with Crippen molar-refractivity contribution in [2.24, 2.45) is 0 Å². The van der Waals surface area contributed by atoms with Gasteiger partial charge in [-0.25, -0.2) is 4.39 Å². The molecule has 0 aliphatic heterocycles. The summed E-state index contributed by atoms with van der Waals surface area (Å²) in [6, 6.07) is 16.6. The van der Waals surface area contributed by atoms with Crippen LogP contribution in [0.15, 0.2) is 60.7 Å². The number of carbonyl (C=O) groups is 1. The minimum atomic E-state index is -0.484. The number of aliphatic hydroxyl groups is 1. The lowest BCUT2D eigenvalue weighted by Crippen LogP contribution is -2.13. The molecule has 0 saturated heterocycles. The highest BCUT2D eigenvalue weighted by Crippen LogP contribution is 2.30. The zero-order valence-corrected chi connectivity index (χ0v) is 16.0. The molecule has 0 atom stereocenters. The fourth-order valence-corrected chi connectivity index (χ4v) is 2.98. The minimum absolute atomic E-state index is 0.0144. The first-order valence-corrected chi connectivity index (χ1v) is 9.05. The third kappa shape index (κ3) is 4.88. The van der Waals surface area contributed by atoms with Crippen molar-refractivity contribution in [3.05, 3.63) is 88.2 Å². The molecule has 3 rings (SSSR count). The second-order valence-electron chi connectivity index (χ2n) is 6.34. The summed E-state index contributed by atoms with van der Waals surface area (Å²) in [6.07, 6.45) is -0.0144. The molecule has 4 nitrogen and oxygen atoms in total. The van der Waals surface area contributed by atoms with E-state index in [9.17, 15) is 14.3 Å². The lowest BCUT2D eigenvalue weighted by atomic mass is 10.1. The number of aryl methyl sites for hydroxylation is 1. The quantitative estimate of drug-likeness (QED) is 0.443. The fourth-order valence-electron chi connectivity index (χ4n) is 2.77. The van der Waals surface area contributed by atoms with Crippen LogP contribution in [0.5, 0.6) is 5.75 Å². The largest absolute Gasteiger partial charge is 0.426 e. The summed E-state index contributed by atoms with van der Waals surface area (Å²) in [5.74, 6) is -0.596. The SMILES string of the molecule is Cc1ccc(Nc2c(F)cccc2Cl)c(CC(=O)Oc2cccc(CO)c2)c1. The van der Waals surface area contributed by atoms with E-state index in [1.54, 1.807) is 36.4 Å². The van der Waals surface area contributed by atoms with Crippen molar-refractivity contribution >= 4 is 28.9 Å². The second-order valence-corrected chi connectivity index (χ2v) is 6.75. The van der Waals surface area contributed by atoms with Crippen molar-refractivity contribution in [2.75, 3.05) is 5.32 Å². The molecule has 144 valence electrons. The number of rotatable bonds is 6. The van der Waals surface area contributed by atoms with Gasteiger partial charge < -0.3 is 15.2 Å². The van der Waals surface area contributed by atoms with Crippen LogP contribution in [0.1, 0.15) is 16.7 Å². The Morgan fingerprint density at radius 2 is 1.93 bits per heavy atom. The number of nitrogens with one attached hydrogen (secondary N) is 1. The molecule has 0 aliphatic carbocycles. The van der Waals surface area contributed by atoms with E-state index in [1.165, 1.54) is 12.1 Å². The number of esters is 1. The Morgan fingerprint density at radius 1 is 1.14 bits per heavy atom. The molecule has 0 spiro atoms. The van der Waals surface area contributed by atoms with E-state index in [2.05, 4.69) is 5.32 Å². The molecule has 28 heavy (non-hydrogen) atoms. The van der Waals surface area contributed by atoms with Crippen LogP contribution in [0, 0.1) is 12.7 Å². The number of anilines is 2. The van der Waals surface area contributed by atoms with E-state index >= 15 is 0 Å². The van der Waals surface area contributed by atoms with Gasteiger partial charge in [-0.15, -0.1) is 0 Å². The first kappa shape index (κ1) is 19.9. The number of ether oxygens (including phenoxy) is 1. The van der Waals surface area contributed by atoms with E-state index < -0.39 is 11.8 Å². The Bertz CT molecular complexity index is 987. The van der Waals surface area contributed by atoms with Gasteiger partial charge >= 0.3 is 5.97 Å². The molecule has 3 aromatic rings. The van der Waals surface area contributed by atoms with E-state index in [-0.39, 0.29) is 23.7 Å². The molecular formula is C22H19ClFNO3. The fraction of sp³-hybridized carbons (Fsp3) is 0.136. The molecule has 0 heterocycles. The van der Waals surface area contributed by atoms with Crippen LogP contribution in [0.2, 0.25) is 5.02 Å². The molecule has 0 amide bonds. The van der Waals surface area contributed by atoms with Gasteiger partial charge in [0.2, 0.25) is 0 Å². The molecule has 0 fully saturated rings. The smallest absolute Gasteiger partial charge is 0.315 e. The van der Waals surface area contributed by atoms with E-state index in [4.69, 9.17) is 16.3 Å². The van der Waals surface area contributed by atoms with Gasteiger partial charge in [0.15, 0.2) is 0 Å². The van der Waals surface area contributed by atoms with E-state index in [1.807, 2.05) is 19.1 Å². The summed E-state index contributed by atoms with van der Waals surface area (Å²) in [6.45, 7) is 1.76. The normalized spacial score (nSPS) is 10.6. The van der Waals surface area contributed by atoms with Crippen molar-refractivity contribution in [2.45, 2.75) is 20.0 Å². The first-order valence-electron chi connectivity index (χ1n) is 8.67. The molecule has 0 unspecified atom stereocenters. The molecule has 0 saturated carbocycles. The minimum Gasteiger partial charge on any atom is -0.426 e. The Kier molecular flexibility index (Phi) is 6.29. The van der Waals surface area contributed by atoms with Crippen LogP contribution in [-0.2, 0) is 17.8 Å². The van der Waals surface area contributed by atoms with Gasteiger partial charge in [-0.05, 0) is 48.4 Å². The van der Waals surface area contributed by atoms with Crippen molar-refractivity contribution in [3.8, 4) is 5.75 Å². The van der Waals surface area contributed by atoms with Crippen molar-refractivity contribution in [1.29, 1.82) is 0 Å². The maximum atomic E-state index is 14.1. The zero-order chi connectivity index (χ0) is 20.1. The van der Waals surface area contributed by atoms with Crippen LogP contribution in [0.25, 0.3) is 0 Å². The number of carbonyl (C=O) groups excluding carboxylic acids is 1. The Labute approximate surface area is 167 Å².